The Labute approximate surface area is 111 Å². The maximum absolute atomic E-state index is 11.7. The minimum atomic E-state index is -1.19. The maximum atomic E-state index is 11.7. The van der Waals surface area contributed by atoms with E-state index in [1.54, 1.807) is 24.3 Å². The van der Waals surface area contributed by atoms with Crippen LogP contribution in [0.1, 0.15) is 20.2 Å². The molecule has 0 aliphatic heterocycles. The highest BCUT2D eigenvalue weighted by Crippen LogP contribution is 2.24. The molecule has 0 fully saturated rings. The largest absolute Gasteiger partial charge is 0.476 e. The number of carboxylic acid groups (broad SMARTS) is 1. The summed E-state index contributed by atoms with van der Waals surface area (Å²) in [4.78, 5) is 22.4. The summed E-state index contributed by atoms with van der Waals surface area (Å²) in [5, 5.41) is 8.98. The minimum absolute atomic E-state index is 0.104. The zero-order chi connectivity index (χ0) is 13.1. The average Bonchev–Trinajstić information content (AvgIpc) is 2.81. The molecule has 2 rings (SSSR count). The van der Waals surface area contributed by atoms with Gasteiger partial charge in [-0.05, 0) is 29.7 Å². The fourth-order valence-corrected chi connectivity index (χ4v) is 1.93. The zero-order valence-electron chi connectivity index (χ0n) is 8.79. The Hall–Kier alpha value is -1.92. The predicted octanol–water partition coefficient (Wildman–Crippen LogP) is 2.71. The van der Waals surface area contributed by atoms with Gasteiger partial charge in [0, 0.05) is 0 Å². The van der Waals surface area contributed by atoms with Crippen LogP contribution < -0.4 is 4.74 Å². The summed E-state index contributed by atoms with van der Waals surface area (Å²) in [6.45, 7) is 0. The van der Waals surface area contributed by atoms with Crippen molar-refractivity contribution in [1.29, 1.82) is 0 Å². The molecule has 1 aromatic carbocycles. The molecule has 0 bridgehead atoms. The number of ether oxygens (including phenoxy) is 1. The normalized spacial score (nSPS) is 10.1. The number of benzene rings is 1. The lowest BCUT2D eigenvalue weighted by molar-refractivity contribution is 0.0691. The van der Waals surface area contributed by atoms with E-state index in [0.29, 0.717) is 5.02 Å². The van der Waals surface area contributed by atoms with Crippen molar-refractivity contribution >= 4 is 35.1 Å². The summed E-state index contributed by atoms with van der Waals surface area (Å²) in [7, 11) is 0. The molecular formula is C11H6ClNO4S. The highest BCUT2D eigenvalue weighted by molar-refractivity contribution is 7.08. The number of nitrogens with zero attached hydrogens (tertiary/aromatic N) is 1. The van der Waals surface area contributed by atoms with Gasteiger partial charge in [-0.1, -0.05) is 23.7 Å². The first-order valence-electron chi connectivity index (χ1n) is 4.74. The third kappa shape index (κ3) is 2.66. The molecule has 0 spiro atoms. The minimum Gasteiger partial charge on any atom is -0.476 e. The van der Waals surface area contributed by atoms with E-state index in [0.717, 1.165) is 17.6 Å². The van der Waals surface area contributed by atoms with E-state index in [-0.39, 0.29) is 16.3 Å². The lowest BCUT2D eigenvalue weighted by Gasteiger charge is -2.03. The number of carboxylic acids is 1. The smallest absolute Gasteiger partial charge is 0.355 e. The van der Waals surface area contributed by atoms with Crippen LogP contribution in [0.15, 0.2) is 30.3 Å². The predicted molar refractivity (Wildman–Crippen MR) is 65.5 cm³/mol. The summed E-state index contributed by atoms with van der Waals surface area (Å²) in [5.41, 5.74) is -0.189. The molecule has 0 saturated heterocycles. The second-order valence-corrected chi connectivity index (χ2v) is 4.41. The number of hydrogen-bond donors (Lipinski definition) is 1. The molecule has 92 valence electrons. The van der Waals surface area contributed by atoms with Crippen molar-refractivity contribution < 1.29 is 19.4 Å². The van der Waals surface area contributed by atoms with Crippen molar-refractivity contribution in [2.75, 3.05) is 0 Å². The van der Waals surface area contributed by atoms with Crippen molar-refractivity contribution in [3.05, 3.63) is 45.9 Å². The first kappa shape index (κ1) is 12.5. The van der Waals surface area contributed by atoms with Crippen molar-refractivity contribution in [1.82, 2.24) is 4.37 Å². The third-order valence-corrected chi connectivity index (χ3v) is 3.05. The van der Waals surface area contributed by atoms with E-state index < -0.39 is 11.9 Å². The van der Waals surface area contributed by atoms with Gasteiger partial charge < -0.3 is 9.84 Å². The Kier molecular flexibility index (Phi) is 3.59. The van der Waals surface area contributed by atoms with Gasteiger partial charge in [0.15, 0.2) is 5.69 Å². The van der Waals surface area contributed by atoms with Crippen LogP contribution in [0.25, 0.3) is 0 Å². The first-order valence-corrected chi connectivity index (χ1v) is 5.90. The van der Waals surface area contributed by atoms with Gasteiger partial charge in [0.25, 0.3) is 0 Å². The quantitative estimate of drug-likeness (QED) is 0.692. The van der Waals surface area contributed by atoms with Gasteiger partial charge in [-0.15, -0.1) is 0 Å². The highest BCUT2D eigenvalue weighted by atomic mass is 35.5. The number of halogens is 1. The Bertz CT molecular complexity index is 611. The highest BCUT2D eigenvalue weighted by Gasteiger charge is 2.17. The molecule has 1 heterocycles. The SMILES string of the molecule is O=C(O)c1cc(C(=O)Oc2ccccc2Cl)sn1. The molecule has 1 aromatic heterocycles. The number of rotatable bonds is 3. The zero-order valence-corrected chi connectivity index (χ0v) is 10.4. The van der Waals surface area contributed by atoms with Gasteiger partial charge in [0.2, 0.25) is 0 Å². The van der Waals surface area contributed by atoms with E-state index in [4.69, 9.17) is 21.4 Å². The molecule has 0 radical (unpaired) electrons. The van der Waals surface area contributed by atoms with Crippen LogP contribution in [0.2, 0.25) is 5.02 Å². The van der Waals surface area contributed by atoms with Gasteiger partial charge >= 0.3 is 11.9 Å². The van der Waals surface area contributed by atoms with Crippen LogP contribution in [0.5, 0.6) is 5.75 Å². The van der Waals surface area contributed by atoms with Crippen LogP contribution in [0.3, 0.4) is 0 Å². The second-order valence-electron chi connectivity index (χ2n) is 3.20. The van der Waals surface area contributed by atoms with E-state index in [9.17, 15) is 9.59 Å². The number of carbonyl (C=O) groups excluding carboxylic acids is 1. The van der Waals surface area contributed by atoms with Crippen molar-refractivity contribution in [2.45, 2.75) is 0 Å². The topological polar surface area (TPSA) is 76.5 Å². The summed E-state index contributed by atoms with van der Waals surface area (Å²) in [6, 6.07) is 7.66. The molecule has 0 amide bonds. The van der Waals surface area contributed by atoms with Crippen LogP contribution >= 0.6 is 23.1 Å². The number of para-hydroxylation sites is 1. The molecule has 2 aromatic rings. The van der Waals surface area contributed by atoms with Gasteiger partial charge in [-0.25, -0.2) is 9.59 Å². The number of carbonyl (C=O) groups is 2. The summed E-state index contributed by atoms with van der Waals surface area (Å²) in [5.74, 6) is -1.66. The van der Waals surface area contributed by atoms with Crippen LogP contribution in [0.4, 0.5) is 0 Å². The molecule has 7 heteroatoms. The number of aromatic nitrogens is 1. The molecule has 0 unspecified atom stereocenters. The van der Waals surface area contributed by atoms with Crippen molar-refractivity contribution in [3.63, 3.8) is 0 Å². The van der Waals surface area contributed by atoms with Crippen LogP contribution in [0, 0.1) is 0 Å². The lowest BCUT2D eigenvalue weighted by Crippen LogP contribution is -2.06. The average molecular weight is 284 g/mol. The molecular weight excluding hydrogens is 278 g/mol. The fourth-order valence-electron chi connectivity index (χ4n) is 1.15. The number of esters is 1. The van der Waals surface area contributed by atoms with Crippen molar-refractivity contribution in [2.24, 2.45) is 0 Å². The van der Waals surface area contributed by atoms with Crippen LogP contribution in [-0.2, 0) is 0 Å². The Morgan fingerprint density at radius 3 is 2.67 bits per heavy atom. The van der Waals surface area contributed by atoms with E-state index in [2.05, 4.69) is 4.37 Å². The Morgan fingerprint density at radius 1 is 1.33 bits per heavy atom. The monoisotopic (exact) mass is 283 g/mol. The maximum Gasteiger partial charge on any atom is 0.355 e. The van der Waals surface area contributed by atoms with Gasteiger partial charge in [0.1, 0.15) is 10.6 Å². The van der Waals surface area contributed by atoms with Gasteiger partial charge in [0.05, 0.1) is 5.02 Å². The second kappa shape index (κ2) is 5.16. The summed E-state index contributed by atoms with van der Waals surface area (Å²) in [6.07, 6.45) is 0. The Morgan fingerprint density at radius 2 is 2.06 bits per heavy atom. The van der Waals surface area contributed by atoms with E-state index in [1.807, 2.05) is 0 Å². The van der Waals surface area contributed by atoms with Gasteiger partial charge in [-0.3, -0.25) is 0 Å². The standard InChI is InChI=1S/C11H6ClNO4S/c12-6-3-1-2-4-8(6)17-11(16)9-5-7(10(14)15)13-18-9/h1-5H,(H,14,15). The molecule has 5 nitrogen and oxygen atoms in total. The third-order valence-electron chi connectivity index (χ3n) is 1.97. The first-order chi connectivity index (χ1) is 8.58. The molecule has 0 atom stereocenters. The van der Waals surface area contributed by atoms with Crippen LogP contribution in [-0.4, -0.2) is 21.4 Å². The summed E-state index contributed by atoms with van der Waals surface area (Å²) >= 11 is 6.59. The molecule has 1 N–H and O–H groups in total. The number of hydrogen-bond acceptors (Lipinski definition) is 5. The molecule has 0 saturated carbocycles. The van der Waals surface area contributed by atoms with Crippen molar-refractivity contribution in [3.8, 4) is 5.75 Å². The number of aromatic carboxylic acids is 1. The Balaban J connectivity index is 2.17. The fraction of sp³-hybridized carbons (Fsp3) is 0. The van der Waals surface area contributed by atoms with Gasteiger partial charge in [-0.2, -0.15) is 4.37 Å². The molecule has 0 aliphatic rings. The lowest BCUT2D eigenvalue weighted by atomic mass is 10.3. The molecule has 18 heavy (non-hydrogen) atoms. The molecule has 0 aliphatic carbocycles. The van der Waals surface area contributed by atoms with E-state index >= 15 is 0 Å². The summed E-state index contributed by atoms with van der Waals surface area (Å²) < 4.78 is 8.64. The van der Waals surface area contributed by atoms with E-state index in [1.165, 1.54) is 0 Å².